The van der Waals surface area contributed by atoms with Gasteiger partial charge >= 0.3 is 0 Å². The van der Waals surface area contributed by atoms with Crippen LogP contribution >= 0.6 is 0 Å². The van der Waals surface area contributed by atoms with Crippen molar-refractivity contribution in [1.29, 1.82) is 0 Å². The summed E-state index contributed by atoms with van der Waals surface area (Å²) in [7, 11) is 0. The summed E-state index contributed by atoms with van der Waals surface area (Å²) in [5.74, 6) is 0. The smallest absolute Gasteiger partial charge is 0.0717 e. The Bertz CT molecular complexity index is 575. The fourth-order valence-corrected chi connectivity index (χ4v) is 3.58. The van der Waals surface area contributed by atoms with Gasteiger partial charge in [0.2, 0.25) is 0 Å². The minimum atomic E-state index is -0.0948. The maximum Gasteiger partial charge on any atom is 0.0717 e. The molecule has 4 nitrogen and oxygen atoms in total. The zero-order valence-corrected chi connectivity index (χ0v) is 14.6. The lowest BCUT2D eigenvalue weighted by molar-refractivity contribution is -0.0308. The van der Waals surface area contributed by atoms with Crippen LogP contribution in [0.2, 0.25) is 0 Å². The van der Waals surface area contributed by atoms with Gasteiger partial charge in [-0.3, -0.25) is 0 Å². The van der Waals surface area contributed by atoms with Gasteiger partial charge in [0.15, 0.2) is 0 Å². The predicted octanol–water partition coefficient (Wildman–Crippen LogP) is 2.85. The standard InChI is InChI=1S/C21H28N2O2/c22-19-11-21(12-20(19)23,15-24-13-17-7-3-1-4-8-17)16-25-14-18-9-5-2-6-10-18/h1-10,19-20H,11-16,22-23H2. The highest BCUT2D eigenvalue weighted by Gasteiger charge is 2.43. The molecular weight excluding hydrogens is 312 g/mol. The minimum Gasteiger partial charge on any atom is -0.376 e. The molecule has 0 bridgehead atoms. The third-order valence-electron chi connectivity index (χ3n) is 4.93. The number of hydrogen-bond donors (Lipinski definition) is 2. The Morgan fingerprint density at radius 1 is 0.720 bits per heavy atom. The Labute approximate surface area is 150 Å². The maximum atomic E-state index is 6.18. The third-order valence-corrected chi connectivity index (χ3v) is 4.93. The van der Waals surface area contributed by atoms with Crippen LogP contribution in [0.15, 0.2) is 60.7 Å². The van der Waals surface area contributed by atoms with Crippen molar-refractivity contribution in [2.24, 2.45) is 16.9 Å². The fourth-order valence-electron chi connectivity index (χ4n) is 3.58. The van der Waals surface area contributed by atoms with Gasteiger partial charge in [-0.15, -0.1) is 0 Å². The van der Waals surface area contributed by atoms with E-state index in [0.717, 1.165) is 12.8 Å². The zero-order chi connectivity index (χ0) is 17.5. The van der Waals surface area contributed by atoms with E-state index in [1.165, 1.54) is 11.1 Å². The molecule has 0 aromatic heterocycles. The Kier molecular flexibility index (Phi) is 6.21. The van der Waals surface area contributed by atoms with Gasteiger partial charge < -0.3 is 20.9 Å². The normalized spacial score (nSPS) is 22.2. The van der Waals surface area contributed by atoms with Crippen LogP contribution in [0.4, 0.5) is 0 Å². The summed E-state index contributed by atoms with van der Waals surface area (Å²) in [5.41, 5.74) is 14.6. The lowest BCUT2D eigenvalue weighted by atomic mass is 9.87. The molecule has 0 spiro atoms. The van der Waals surface area contributed by atoms with Crippen molar-refractivity contribution in [2.75, 3.05) is 13.2 Å². The molecule has 1 aliphatic carbocycles. The average Bonchev–Trinajstić information content (AvgIpc) is 2.91. The molecule has 134 valence electrons. The number of hydrogen-bond acceptors (Lipinski definition) is 4. The molecule has 1 fully saturated rings. The molecule has 1 aliphatic rings. The summed E-state index contributed by atoms with van der Waals surface area (Å²) in [6.07, 6.45) is 1.69. The third kappa shape index (κ3) is 5.13. The van der Waals surface area contributed by atoms with E-state index in [1.807, 2.05) is 36.4 Å². The number of rotatable bonds is 8. The van der Waals surface area contributed by atoms with Crippen LogP contribution in [0.1, 0.15) is 24.0 Å². The molecule has 4 heteroatoms. The summed E-state index contributed by atoms with van der Waals surface area (Å²) < 4.78 is 12.0. The maximum absolute atomic E-state index is 6.18. The van der Waals surface area contributed by atoms with E-state index >= 15 is 0 Å². The van der Waals surface area contributed by atoms with Gasteiger partial charge in [-0.2, -0.15) is 0 Å². The molecule has 25 heavy (non-hydrogen) atoms. The molecular formula is C21H28N2O2. The molecule has 4 N–H and O–H groups in total. The first-order valence-electron chi connectivity index (χ1n) is 8.91. The van der Waals surface area contributed by atoms with E-state index in [0.29, 0.717) is 26.4 Å². The molecule has 2 aromatic rings. The molecule has 0 heterocycles. The summed E-state index contributed by atoms with van der Waals surface area (Å²) in [4.78, 5) is 0. The average molecular weight is 340 g/mol. The molecule has 2 atom stereocenters. The van der Waals surface area contributed by atoms with E-state index in [-0.39, 0.29) is 17.5 Å². The molecule has 0 amide bonds. The summed E-state index contributed by atoms with van der Waals surface area (Å²) in [5, 5.41) is 0. The molecule has 0 radical (unpaired) electrons. The second kappa shape index (κ2) is 8.59. The molecule has 1 saturated carbocycles. The van der Waals surface area contributed by atoms with E-state index in [2.05, 4.69) is 24.3 Å². The van der Waals surface area contributed by atoms with Crippen molar-refractivity contribution in [2.45, 2.75) is 38.1 Å². The van der Waals surface area contributed by atoms with Crippen molar-refractivity contribution in [1.82, 2.24) is 0 Å². The predicted molar refractivity (Wildman–Crippen MR) is 99.8 cm³/mol. The first-order chi connectivity index (χ1) is 12.2. The van der Waals surface area contributed by atoms with E-state index in [1.54, 1.807) is 0 Å². The second-order valence-corrected chi connectivity index (χ2v) is 7.19. The molecule has 2 aromatic carbocycles. The summed E-state index contributed by atoms with van der Waals surface area (Å²) in [6.45, 7) is 2.45. The van der Waals surface area contributed by atoms with E-state index in [4.69, 9.17) is 20.9 Å². The Balaban J connectivity index is 1.54. The Hall–Kier alpha value is -1.72. The Morgan fingerprint density at radius 2 is 1.12 bits per heavy atom. The number of benzene rings is 2. The van der Waals surface area contributed by atoms with Gasteiger partial charge in [-0.1, -0.05) is 60.7 Å². The summed E-state index contributed by atoms with van der Waals surface area (Å²) >= 11 is 0. The van der Waals surface area contributed by atoms with Crippen LogP contribution in [0.25, 0.3) is 0 Å². The molecule has 3 rings (SSSR count). The fraction of sp³-hybridized carbons (Fsp3) is 0.429. The van der Waals surface area contributed by atoms with Crippen molar-refractivity contribution < 1.29 is 9.47 Å². The monoisotopic (exact) mass is 340 g/mol. The molecule has 0 aliphatic heterocycles. The van der Waals surface area contributed by atoms with Gasteiger partial charge in [-0.25, -0.2) is 0 Å². The van der Waals surface area contributed by atoms with E-state index < -0.39 is 0 Å². The van der Waals surface area contributed by atoms with Crippen molar-refractivity contribution in [3.63, 3.8) is 0 Å². The van der Waals surface area contributed by atoms with E-state index in [9.17, 15) is 0 Å². The van der Waals surface area contributed by atoms with Crippen molar-refractivity contribution in [3.8, 4) is 0 Å². The largest absolute Gasteiger partial charge is 0.376 e. The van der Waals surface area contributed by atoms with Crippen LogP contribution in [-0.4, -0.2) is 25.3 Å². The topological polar surface area (TPSA) is 70.5 Å². The summed E-state index contributed by atoms with van der Waals surface area (Å²) in [6, 6.07) is 20.5. The minimum absolute atomic E-state index is 0.0145. The number of ether oxygens (including phenoxy) is 2. The van der Waals surface area contributed by atoms with Crippen LogP contribution < -0.4 is 11.5 Å². The highest BCUT2D eigenvalue weighted by atomic mass is 16.5. The van der Waals surface area contributed by atoms with Gasteiger partial charge in [0, 0.05) is 17.5 Å². The highest BCUT2D eigenvalue weighted by molar-refractivity contribution is 5.14. The first-order valence-corrected chi connectivity index (χ1v) is 8.91. The van der Waals surface area contributed by atoms with Gasteiger partial charge in [0.05, 0.1) is 26.4 Å². The van der Waals surface area contributed by atoms with Crippen LogP contribution in [-0.2, 0) is 22.7 Å². The first kappa shape index (κ1) is 18.1. The zero-order valence-electron chi connectivity index (χ0n) is 14.6. The molecule has 0 saturated heterocycles. The van der Waals surface area contributed by atoms with Gasteiger partial charge in [0.25, 0.3) is 0 Å². The van der Waals surface area contributed by atoms with Gasteiger partial charge in [0.1, 0.15) is 0 Å². The Morgan fingerprint density at radius 3 is 1.52 bits per heavy atom. The molecule has 2 unspecified atom stereocenters. The SMILES string of the molecule is NC1CC(COCc2ccccc2)(COCc2ccccc2)CC1N. The van der Waals surface area contributed by atoms with Gasteiger partial charge in [-0.05, 0) is 24.0 Å². The van der Waals surface area contributed by atoms with Crippen LogP contribution in [0, 0.1) is 5.41 Å². The van der Waals surface area contributed by atoms with Crippen LogP contribution in [0.5, 0.6) is 0 Å². The lowest BCUT2D eigenvalue weighted by Crippen LogP contribution is -2.35. The van der Waals surface area contributed by atoms with Crippen LogP contribution in [0.3, 0.4) is 0 Å². The second-order valence-electron chi connectivity index (χ2n) is 7.19. The number of nitrogens with two attached hydrogens (primary N) is 2. The quantitative estimate of drug-likeness (QED) is 0.775. The van der Waals surface area contributed by atoms with Crippen molar-refractivity contribution >= 4 is 0 Å². The van der Waals surface area contributed by atoms with Crippen molar-refractivity contribution in [3.05, 3.63) is 71.8 Å². The lowest BCUT2D eigenvalue weighted by Gasteiger charge is -2.29. The highest BCUT2D eigenvalue weighted by Crippen LogP contribution is 2.38.